The van der Waals surface area contributed by atoms with E-state index in [9.17, 15) is 0 Å². The second-order valence-electron chi connectivity index (χ2n) is 3.31. The lowest BCUT2D eigenvalue weighted by Crippen LogP contribution is -1.88. The Morgan fingerprint density at radius 1 is 1.23 bits per heavy atom. The summed E-state index contributed by atoms with van der Waals surface area (Å²) < 4.78 is 5.10. The summed E-state index contributed by atoms with van der Waals surface area (Å²) in [5.41, 5.74) is 1.43. The first-order chi connectivity index (χ1) is 6.36. The molecule has 1 rings (SSSR count). The summed E-state index contributed by atoms with van der Waals surface area (Å²) in [6.07, 6.45) is 2.58. The molecule has 0 bridgehead atoms. The van der Waals surface area contributed by atoms with Crippen LogP contribution in [0.1, 0.15) is 12.0 Å². The first-order valence-corrected chi connectivity index (χ1v) is 7.41. The van der Waals surface area contributed by atoms with Crippen molar-refractivity contribution in [1.29, 1.82) is 0 Å². The second kappa shape index (κ2) is 5.81. The predicted molar refractivity (Wildman–Crippen MR) is 60.5 cm³/mol. The highest BCUT2D eigenvalue weighted by atomic mass is 28.2. The lowest BCUT2D eigenvalue weighted by molar-refractivity contribution is 0.414. The van der Waals surface area contributed by atoms with Gasteiger partial charge < -0.3 is 4.74 Å². The van der Waals surface area contributed by atoms with Gasteiger partial charge in [-0.3, -0.25) is 0 Å². The Labute approximate surface area is 82.9 Å². The molecule has 2 heteroatoms. The van der Waals surface area contributed by atoms with Gasteiger partial charge in [0.1, 0.15) is 5.75 Å². The molecular weight excluding hydrogens is 176 g/mol. The summed E-state index contributed by atoms with van der Waals surface area (Å²) in [4.78, 5) is 0. The van der Waals surface area contributed by atoms with E-state index in [-0.39, 0.29) is 9.52 Å². The lowest BCUT2D eigenvalue weighted by atomic mass is 10.1. The van der Waals surface area contributed by atoms with E-state index in [0.29, 0.717) is 0 Å². The normalized spacial score (nSPS) is 10.9. The molecule has 1 aromatic rings. The molecule has 0 saturated carbocycles. The van der Waals surface area contributed by atoms with E-state index >= 15 is 0 Å². The Kier molecular flexibility index (Phi) is 4.61. The third-order valence-electron chi connectivity index (χ3n) is 2.23. The summed E-state index contributed by atoms with van der Waals surface area (Å²) in [6.45, 7) is 2.37. The fraction of sp³-hybridized carbons (Fsp3) is 0.455. The number of benzene rings is 1. The van der Waals surface area contributed by atoms with Crippen molar-refractivity contribution in [3.8, 4) is 5.75 Å². The first kappa shape index (κ1) is 10.3. The molecule has 0 N–H and O–H groups in total. The summed E-state index contributed by atoms with van der Waals surface area (Å²) in [7, 11) is 1.97. The summed E-state index contributed by atoms with van der Waals surface area (Å²) in [5.74, 6) is 0.952. The summed E-state index contributed by atoms with van der Waals surface area (Å²) >= 11 is 0. The Balaban J connectivity index is 2.40. The second-order valence-corrected chi connectivity index (χ2v) is 5.01. The first-order valence-electron chi connectivity index (χ1n) is 4.99. The van der Waals surface area contributed by atoms with E-state index in [0.717, 1.165) is 5.75 Å². The highest BCUT2D eigenvalue weighted by Gasteiger charge is 1.93. The molecule has 1 aromatic carbocycles. The van der Waals surface area contributed by atoms with Crippen LogP contribution < -0.4 is 4.74 Å². The fourth-order valence-electron chi connectivity index (χ4n) is 1.37. The molecule has 0 fully saturated rings. The van der Waals surface area contributed by atoms with E-state index < -0.39 is 0 Å². The minimum atomic E-state index is 0.261. The van der Waals surface area contributed by atoms with Gasteiger partial charge in [0.2, 0.25) is 0 Å². The molecule has 0 aromatic heterocycles. The van der Waals surface area contributed by atoms with Crippen molar-refractivity contribution in [3.63, 3.8) is 0 Å². The van der Waals surface area contributed by atoms with Crippen LogP contribution in [0.5, 0.6) is 5.75 Å². The Morgan fingerprint density at radius 2 is 1.92 bits per heavy atom. The number of rotatable bonds is 5. The standard InChI is InChI=1S/C11H18OSi/c1-12-11-7-5-10(6-8-11)4-3-9-13-2/h5-8H,3-4,9,13H2,1-2H3. The van der Waals surface area contributed by atoms with E-state index in [1.54, 1.807) is 7.11 Å². The van der Waals surface area contributed by atoms with Gasteiger partial charge >= 0.3 is 0 Å². The number of aryl methyl sites for hydroxylation is 1. The zero-order valence-corrected chi connectivity index (χ0v) is 9.96. The van der Waals surface area contributed by atoms with Gasteiger partial charge in [0.15, 0.2) is 0 Å². The van der Waals surface area contributed by atoms with Crippen LogP contribution in [0.25, 0.3) is 0 Å². The molecule has 13 heavy (non-hydrogen) atoms. The van der Waals surface area contributed by atoms with Gasteiger partial charge in [-0.15, -0.1) is 0 Å². The zero-order valence-electron chi connectivity index (χ0n) is 8.55. The molecule has 0 atom stereocenters. The van der Waals surface area contributed by atoms with Crippen LogP contribution in [0.15, 0.2) is 24.3 Å². The van der Waals surface area contributed by atoms with E-state index in [1.807, 2.05) is 12.1 Å². The van der Waals surface area contributed by atoms with Crippen LogP contribution in [0.2, 0.25) is 12.6 Å². The number of hydrogen-bond donors (Lipinski definition) is 0. The average Bonchev–Trinajstić information content (AvgIpc) is 2.19. The van der Waals surface area contributed by atoms with Crippen molar-refractivity contribution in [1.82, 2.24) is 0 Å². The van der Waals surface area contributed by atoms with Gasteiger partial charge in [-0.05, 0) is 24.1 Å². The maximum absolute atomic E-state index is 5.10. The third kappa shape index (κ3) is 3.64. The highest BCUT2D eigenvalue weighted by molar-refractivity contribution is 6.33. The molecule has 1 nitrogen and oxygen atoms in total. The molecule has 0 aliphatic carbocycles. The zero-order chi connectivity index (χ0) is 9.52. The van der Waals surface area contributed by atoms with Crippen molar-refractivity contribution < 1.29 is 4.74 Å². The van der Waals surface area contributed by atoms with Gasteiger partial charge in [-0.25, -0.2) is 0 Å². The van der Waals surface area contributed by atoms with Gasteiger partial charge in [0, 0.05) is 9.52 Å². The minimum absolute atomic E-state index is 0.261. The van der Waals surface area contributed by atoms with Crippen LogP contribution in [-0.2, 0) is 6.42 Å². The SMILES string of the molecule is COc1ccc(CCC[SiH2]C)cc1. The molecule has 0 radical (unpaired) electrons. The molecule has 0 saturated heterocycles. The molecule has 0 aliphatic heterocycles. The van der Waals surface area contributed by atoms with Crippen LogP contribution in [0, 0.1) is 0 Å². The number of methoxy groups -OCH3 is 1. The lowest BCUT2D eigenvalue weighted by Gasteiger charge is -2.02. The maximum atomic E-state index is 5.10. The molecule has 72 valence electrons. The molecule has 0 aliphatic rings. The maximum Gasteiger partial charge on any atom is 0.118 e. The Morgan fingerprint density at radius 3 is 2.46 bits per heavy atom. The smallest absolute Gasteiger partial charge is 0.118 e. The monoisotopic (exact) mass is 194 g/mol. The van der Waals surface area contributed by atoms with E-state index in [4.69, 9.17) is 4.74 Å². The van der Waals surface area contributed by atoms with Crippen LogP contribution in [-0.4, -0.2) is 16.6 Å². The summed E-state index contributed by atoms with van der Waals surface area (Å²) in [5, 5.41) is 0. The highest BCUT2D eigenvalue weighted by Crippen LogP contribution is 2.12. The molecule has 0 spiro atoms. The Bertz CT molecular complexity index is 230. The van der Waals surface area contributed by atoms with Crippen molar-refractivity contribution in [2.24, 2.45) is 0 Å². The quantitative estimate of drug-likeness (QED) is 0.516. The fourth-order valence-corrected chi connectivity index (χ4v) is 2.12. The average molecular weight is 194 g/mol. The van der Waals surface area contributed by atoms with Crippen molar-refractivity contribution in [2.45, 2.75) is 25.4 Å². The molecule has 0 unspecified atom stereocenters. The largest absolute Gasteiger partial charge is 0.497 e. The third-order valence-corrected chi connectivity index (χ3v) is 3.44. The van der Waals surface area contributed by atoms with Crippen molar-refractivity contribution in [3.05, 3.63) is 29.8 Å². The molecule has 0 heterocycles. The molecule has 0 amide bonds. The number of hydrogen-bond acceptors (Lipinski definition) is 1. The summed E-state index contributed by atoms with van der Waals surface area (Å²) in [6, 6.07) is 9.87. The predicted octanol–water partition coefficient (Wildman–Crippen LogP) is 2.26. The van der Waals surface area contributed by atoms with Gasteiger partial charge in [-0.1, -0.05) is 31.1 Å². The van der Waals surface area contributed by atoms with Gasteiger partial charge in [-0.2, -0.15) is 0 Å². The molecular formula is C11H18OSi. The Hall–Kier alpha value is -0.763. The van der Waals surface area contributed by atoms with Gasteiger partial charge in [0.25, 0.3) is 0 Å². The minimum Gasteiger partial charge on any atom is -0.497 e. The van der Waals surface area contributed by atoms with Crippen LogP contribution >= 0.6 is 0 Å². The topological polar surface area (TPSA) is 9.23 Å². The van der Waals surface area contributed by atoms with Crippen LogP contribution in [0.3, 0.4) is 0 Å². The van der Waals surface area contributed by atoms with Crippen molar-refractivity contribution >= 4 is 9.52 Å². The van der Waals surface area contributed by atoms with Crippen LogP contribution in [0.4, 0.5) is 0 Å². The van der Waals surface area contributed by atoms with E-state index in [2.05, 4.69) is 18.7 Å². The van der Waals surface area contributed by atoms with E-state index in [1.165, 1.54) is 24.4 Å². The number of ether oxygens (including phenoxy) is 1. The van der Waals surface area contributed by atoms with Crippen molar-refractivity contribution in [2.75, 3.05) is 7.11 Å². The van der Waals surface area contributed by atoms with Gasteiger partial charge in [0.05, 0.1) is 7.11 Å².